The highest BCUT2D eigenvalue weighted by Gasteiger charge is 2.20. The van der Waals surface area contributed by atoms with E-state index in [4.69, 9.17) is 10.8 Å². The van der Waals surface area contributed by atoms with Crippen LogP contribution in [0.15, 0.2) is 24.3 Å². The molecule has 0 spiro atoms. The van der Waals surface area contributed by atoms with Gasteiger partial charge in [-0.1, -0.05) is 13.8 Å². The van der Waals surface area contributed by atoms with E-state index in [2.05, 4.69) is 0 Å². The van der Waals surface area contributed by atoms with Gasteiger partial charge in [-0.3, -0.25) is 4.79 Å². The van der Waals surface area contributed by atoms with Crippen LogP contribution in [0.1, 0.15) is 30.6 Å². The molecule has 0 heterocycles. The van der Waals surface area contributed by atoms with E-state index in [0.29, 0.717) is 18.5 Å². The van der Waals surface area contributed by atoms with Crippen LogP contribution in [-0.4, -0.2) is 17.4 Å². The Hall–Kier alpha value is -1.35. The van der Waals surface area contributed by atoms with Crippen LogP contribution in [0.3, 0.4) is 0 Å². The molecule has 0 unspecified atom stereocenters. The van der Waals surface area contributed by atoms with E-state index in [0.717, 1.165) is 0 Å². The fourth-order valence-corrected chi connectivity index (χ4v) is 1.26. The highest BCUT2D eigenvalue weighted by Crippen LogP contribution is 2.21. The van der Waals surface area contributed by atoms with Crippen LogP contribution in [0.4, 0.5) is 0 Å². The van der Waals surface area contributed by atoms with Gasteiger partial charge in [0.05, 0.1) is 0 Å². The smallest absolute Gasteiger partial charge is 0.163 e. The van der Waals surface area contributed by atoms with Crippen LogP contribution in [0, 0.1) is 5.41 Å². The van der Waals surface area contributed by atoms with Gasteiger partial charge in [-0.2, -0.15) is 0 Å². The van der Waals surface area contributed by atoms with Crippen molar-refractivity contribution in [3.63, 3.8) is 0 Å². The highest BCUT2D eigenvalue weighted by molar-refractivity contribution is 5.96. The third-order valence-electron chi connectivity index (χ3n) is 2.38. The van der Waals surface area contributed by atoms with E-state index in [1.165, 1.54) is 12.1 Å². The second-order valence-corrected chi connectivity index (χ2v) is 4.52. The van der Waals surface area contributed by atoms with Gasteiger partial charge in [0, 0.05) is 12.0 Å². The molecule has 1 rings (SSSR count). The third-order valence-corrected chi connectivity index (χ3v) is 2.38. The molecule has 82 valence electrons. The number of benzene rings is 1. The zero-order chi connectivity index (χ0) is 11.5. The summed E-state index contributed by atoms with van der Waals surface area (Å²) in [5, 5.41) is 9.09. The van der Waals surface area contributed by atoms with Crippen molar-refractivity contribution in [3.05, 3.63) is 29.8 Å². The summed E-state index contributed by atoms with van der Waals surface area (Å²) in [6.07, 6.45) is 0.425. The average molecular weight is 207 g/mol. The van der Waals surface area contributed by atoms with Gasteiger partial charge in [-0.05, 0) is 36.2 Å². The molecular weight excluding hydrogens is 190 g/mol. The summed E-state index contributed by atoms with van der Waals surface area (Å²) in [7, 11) is 0. The van der Waals surface area contributed by atoms with Gasteiger partial charge in [0.25, 0.3) is 0 Å². The minimum absolute atomic E-state index is 0.0606. The van der Waals surface area contributed by atoms with Crippen molar-refractivity contribution in [1.29, 1.82) is 0 Å². The van der Waals surface area contributed by atoms with Crippen LogP contribution < -0.4 is 5.73 Å². The second kappa shape index (κ2) is 4.45. The summed E-state index contributed by atoms with van der Waals surface area (Å²) in [5.41, 5.74) is 6.01. The molecule has 0 aliphatic heterocycles. The molecule has 3 nitrogen and oxygen atoms in total. The maximum Gasteiger partial charge on any atom is 0.163 e. The molecule has 0 amide bonds. The Balaban J connectivity index is 2.74. The van der Waals surface area contributed by atoms with Crippen molar-refractivity contribution in [2.45, 2.75) is 20.3 Å². The maximum atomic E-state index is 11.8. The van der Waals surface area contributed by atoms with Crippen molar-refractivity contribution >= 4 is 5.78 Å². The number of aromatic hydroxyl groups is 1. The van der Waals surface area contributed by atoms with E-state index in [1.54, 1.807) is 12.1 Å². The van der Waals surface area contributed by atoms with Gasteiger partial charge in [-0.25, -0.2) is 0 Å². The normalized spacial score (nSPS) is 11.4. The molecule has 0 aliphatic rings. The van der Waals surface area contributed by atoms with Gasteiger partial charge in [0.2, 0.25) is 0 Å². The molecule has 0 atom stereocenters. The lowest BCUT2D eigenvalue weighted by molar-refractivity contribution is 0.0935. The molecule has 0 saturated heterocycles. The molecule has 1 aromatic rings. The number of carbonyl (C=O) groups excluding carboxylic acids is 1. The minimum Gasteiger partial charge on any atom is -0.508 e. The summed E-state index contributed by atoms with van der Waals surface area (Å²) < 4.78 is 0. The summed E-state index contributed by atoms with van der Waals surface area (Å²) in [4.78, 5) is 11.8. The number of hydrogen-bond acceptors (Lipinski definition) is 3. The molecular formula is C12H17NO2. The SMILES string of the molecule is CC(C)(CN)CC(=O)c1ccc(O)cc1. The molecule has 0 radical (unpaired) electrons. The molecule has 3 N–H and O–H groups in total. The number of rotatable bonds is 4. The lowest BCUT2D eigenvalue weighted by atomic mass is 9.86. The Kier molecular flexibility index (Phi) is 3.48. The molecule has 0 fully saturated rings. The van der Waals surface area contributed by atoms with Gasteiger partial charge in [-0.15, -0.1) is 0 Å². The third kappa shape index (κ3) is 3.36. The number of hydrogen-bond donors (Lipinski definition) is 2. The number of phenolic OH excluding ortho intramolecular Hbond substituents is 1. The van der Waals surface area contributed by atoms with Crippen molar-refractivity contribution in [2.75, 3.05) is 6.54 Å². The minimum atomic E-state index is -0.172. The number of phenols is 1. The average Bonchev–Trinajstić information content (AvgIpc) is 2.18. The van der Waals surface area contributed by atoms with E-state index < -0.39 is 0 Å². The van der Waals surface area contributed by atoms with Crippen LogP contribution in [0.25, 0.3) is 0 Å². The molecule has 0 bridgehead atoms. The largest absolute Gasteiger partial charge is 0.508 e. The lowest BCUT2D eigenvalue weighted by Gasteiger charge is -2.20. The van der Waals surface area contributed by atoms with Crippen LogP contribution in [-0.2, 0) is 0 Å². The summed E-state index contributed by atoms with van der Waals surface area (Å²) in [5.74, 6) is 0.232. The van der Waals surface area contributed by atoms with E-state index in [1.807, 2.05) is 13.8 Å². The molecule has 15 heavy (non-hydrogen) atoms. The number of ketones is 1. The van der Waals surface area contributed by atoms with Crippen molar-refractivity contribution in [2.24, 2.45) is 11.1 Å². The van der Waals surface area contributed by atoms with Gasteiger partial charge >= 0.3 is 0 Å². The Morgan fingerprint density at radius 3 is 2.33 bits per heavy atom. The van der Waals surface area contributed by atoms with Crippen molar-refractivity contribution in [1.82, 2.24) is 0 Å². The lowest BCUT2D eigenvalue weighted by Crippen LogP contribution is -2.26. The van der Waals surface area contributed by atoms with Crippen LogP contribution in [0.5, 0.6) is 5.75 Å². The number of Topliss-reactive ketones (excluding diaryl/α,β-unsaturated/α-hetero) is 1. The molecule has 0 aliphatic carbocycles. The van der Waals surface area contributed by atoms with E-state index in [9.17, 15) is 4.79 Å². The second-order valence-electron chi connectivity index (χ2n) is 4.52. The fourth-order valence-electron chi connectivity index (χ4n) is 1.26. The first-order valence-corrected chi connectivity index (χ1v) is 4.97. The quantitative estimate of drug-likeness (QED) is 0.742. The van der Waals surface area contributed by atoms with Gasteiger partial charge in [0.1, 0.15) is 5.75 Å². The zero-order valence-corrected chi connectivity index (χ0v) is 9.16. The summed E-state index contributed by atoms with van der Waals surface area (Å²) in [6.45, 7) is 4.41. The topological polar surface area (TPSA) is 63.3 Å². The Morgan fingerprint density at radius 2 is 1.87 bits per heavy atom. The van der Waals surface area contributed by atoms with Gasteiger partial charge in [0.15, 0.2) is 5.78 Å². The number of nitrogens with two attached hydrogens (primary N) is 1. The predicted octanol–water partition coefficient (Wildman–Crippen LogP) is 1.95. The highest BCUT2D eigenvalue weighted by atomic mass is 16.3. The van der Waals surface area contributed by atoms with Crippen molar-refractivity contribution < 1.29 is 9.90 Å². The Morgan fingerprint density at radius 1 is 1.33 bits per heavy atom. The van der Waals surface area contributed by atoms with Gasteiger partial charge < -0.3 is 10.8 Å². The Bertz CT molecular complexity index is 341. The summed E-state index contributed by atoms with van der Waals surface area (Å²) >= 11 is 0. The first-order valence-electron chi connectivity index (χ1n) is 4.97. The van der Waals surface area contributed by atoms with Crippen molar-refractivity contribution in [3.8, 4) is 5.75 Å². The van der Waals surface area contributed by atoms with Crippen LogP contribution >= 0.6 is 0 Å². The fraction of sp³-hybridized carbons (Fsp3) is 0.417. The molecule has 0 saturated carbocycles. The zero-order valence-electron chi connectivity index (χ0n) is 9.16. The molecule has 1 aromatic carbocycles. The van der Waals surface area contributed by atoms with E-state index >= 15 is 0 Å². The summed E-state index contributed by atoms with van der Waals surface area (Å²) in [6, 6.07) is 6.29. The first-order chi connectivity index (χ1) is 6.94. The standard InChI is InChI=1S/C12H17NO2/c1-12(2,8-13)7-11(15)9-3-5-10(14)6-4-9/h3-6,14H,7-8,13H2,1-2H3. The first kappa shape index (κ1) is 11.7. The monoisotopic (exact) mass is 207 g/mol. The Labute approximate surface area is 89.9 Å². The maximum absolute atomic E-state index is 11.8. The predicted molar refractivity (Wildman–Crippen MR) is 59.9 cm³/mol. The van der Waals surface area contributed by atoms with Crippen LogP contribution in [0.2, 0.25) is 0 Å². The van der Waals surface area contributed by atoms with E-state index in [-0.39, 0.29) is 16.9 Å². The number of carbonyl (C=O) groups is 1. The molecule has 3 heteroatoms. The molecule has 0 aromatic heterocycles.